The van der Waals surface area contributed by atoms with E-state index in [4.69, 9.17) is 27.9 Å². The molecule has 0 aromatic heterocycles. The van der Waals surface area contributed by atoms with Gasteiger partial charge >= 0.3 is 6.09 Å². The maximum atomic E-state index is 12.0. The normalized spacial score (nSPS) is 21.3. The van der Waals surface area contributed by atoms with Crippen LogP contribution in [0.4, 0.5) is 4.79 Å². The van der Waals surface area contributed by atoms with Crippen LogP contribution in [-0.4, -0.2) is 42.1 Å². The fraction of sp³-hybridized carbons (Fsp3) is 0.429. The molecule has 2 amide bonds. The summed E-state index contributed by atoms with van der Waals surface area (Å²) in [7, 11) is 0. The van der Waals surface area contributed by atoms with E-state index in [1.54, 1.807) is 17.0 Å². The summed E-state index contributed by atoms with van der Waals surface area (Å²) in [6.45, 7) is 0.819. The number of cyclic esters (lactones) is 1. The second-order valence-corrected chi connectivity index (χ2v) is 6.04. The maximum Gasteiger partial charge on any atom is 0.410 e. The zero-order chi connectivity index (χ0) is 15.0. The van der Waals surface area contributed by atoms with E-state index < -0.39 is 0 Å². The summed E-state index contributed by atoms with van der Waals surface area (Å²) in [6.07, 6.45) is 1.49. The van der Waals surface area contributed by atoms with Crippen LogP contribution in [-0.2, 0) is 4.74 Å². The summed E-state index contributed by atoms with van der Waals surface area (Å²) in [5, 5.41) is 3.47. The molecule has 1 unspecified atom stereocenters. The van der Waals surface area contributed by atoms with Crippen LogP contribution in [0.3, 0.4) is 0 Å². The molecule has 7 heteroatoms. The maximum absolute atomic E-state index is 12.0. The molecular weight excluding hydrogens is 315 g/mol. The molecule has 21 heavy (non-hydrogen) atoms. The average Bonchev–Trinajstić information content (AvgIpc) is 3.23. The molecule has 1 aromatic carbocycles. The van der Waals surface area contributed by atoms with Gasteiger partial charge < -0.3 is 15.0 Å². The van der Waals surface area contributed by atoms with Crippen molar-refractivity contribution in [2.45, 2.75) is 25.0 Å². The zero-order valence-corrected chi connectivity index (χ0v) is 12.7. The summed E-state index contributed by atoms with van der Waals surface area (Å²) < 4.78 is 5.23. The van der Waals surface area contributed by atoms with Crippen LogP contribution in [0.1, 0.15) is 23.2 Å². The largest absolute Gasteiger partial charge is 0.442 e. The Kier molecular flexibility index (Phi) is 3.95. The summed E-state index contributed by atoms with van der Waals surface area (Å²) in [4.78, 5) is 25.4. The van der Waals surface area contributed by atoms with Crippen molar-refractivity contribution in [3.8, 4) is 0 Å². The monoisotopic (exact) mass is 328 g/mol. The van der Waals surface area contributed by atoms with Crippen LogP contribution < -0.4 is 5.32 Å². The Morgan fingerprint density at radius 2 is 2.10 bits per heavy atom. The third kappa shape index (κ3) is 3.24. The van der Waals surface area contributed by atoms with E-state index in [-0.39, 0.29) is 24.6 Å². The van der Waals surface area contributed by atoms with Gasteiger partial charge in [0.2, 0.25) is 0 Å². The van der Waals surface area contributed by atoms with E-state index in [0.717, 1.165) is 12.8 Å². The molecule has 1 saturated heterocycles. The van der Waals surface area contributed by atoms with E-state index in [1.807, 2.05) is 0 Å². The highest BCUT2D eigenvalue weighted by Crippen LogP contribution is 2.30. The van der Waals surface area contributed by atoms with E-state index in [0.29, 0.717) is 28.2 Å². The minimum atomic E-state index is -0.301. The predicted octanol–water partition coefficient (Wildman–Crippen LogP) is 2.71. The summed E-state index contributed by atoms with van der Waals surface area (Å²) in [5.74, 6) is -0.269. The smallest absolute Gasteiger partial charge is 0.410 e. The Morgan fingerprint density at radius 3 is 2.76 bits per heavy atom. The number of hydrogen-bond donors (Lipinski definition) is 1. The molecule has 112 valence electrons. The van der Waals surface area contributed by atoms with E-state index >= 15 is 0 Å². The second-order valence-electron chi connectivity index (χ2n) is 5.23. The van der Waals surface area contributed by atoms with Gasteiger partial charge in [-0.2, -0.15) is 0 Å². The number of carbonyl (C=O) groups is 2. The number of nitrogens with zero attached hydrogens (tertiary/aromatic N) is 1. The van der Waals surface area contributed by atoms with Crippen molar-refractivity contribution in [3.63, 3.8) is 0 Å². The van der Waals surface area contributed by atoms with Gasteiger partial charge in [0.1, 0.15) is 6.10 Å². The van der Waals surface area contributed by atoms with Crippen molar-refractivity contribution in [2.75, 3.05) is 13.1 Å². The number of benzene rings is 1. The van der Waals surface area contributed by atoms with Crippen LogP contribution in [0.15, 0.2) is 18.2 Å². The Bertz CT molecular complexity index is 590. The molecular formula is C14H14Cl2N2O3. The van der Waals surface area contributed by atoms with E-state index in [9.17, 15) is 9.59 Å². The number of ether oxygens (including phenoxy) is 1. The molecule has 0 radical (unpaired) electrons. The molecule has 2 aliphatic rings. The number of carbonyl (C=O) groups excluding carboxylic acids is 2. The number of nitrogens with one attached hydrogen (secondary N) is 1. The van der Waals surface area contributed by atoms with Crippen LogP contribution in [0.25, 0.3) is 0 Å². The minimum absolute atomic E-state index is 0.269. The van der Waals surface area contributed by atoms with Crippen LogP contribution in [0.2, 0.25) is 10.0 Å². The number of halogens is 2. The molecule has 1 aromatic rings. The summed E-state index contributed by atoms with van der Waals surface area (Å²) in [6, 6.07) is 5.01. The number of amides is 2. The van der Waals surface area contributed by atoms with Crippen molar-refractivity contribution in [1.29, 1.82) is 0 Å². The van der Waals surface area contributed by atoms with Gasteiger partial charge in [-0.15, -0.1) is 0 Å². The van der Waals surface area contributed by atoms with E-state index in [2.05, 4.69) is 5.32 Å². The summed E-state index contributed by atoms with van der Waals surface area (Å²) in [5.41, 5.74) is 0.424. The minimum Gasteiger partial charge on any atom is -0.442 e. The van der Waals surface area contributed by atoms with Gasteiger partial charge in [0, 0.05) is 11.6 Å². The predicted molar refractivity (Wildman–Crippen MR) is 78.8 cm³/mol. The van der Waals surface area contributed by atoms with Gasteiger partial charge in [-0.05, 0) is 31.0 Å². The van der Waals surface area contributed by atoms with Gasteiger partial charge in [0.05, 0.1) is 23.1 Å². The molecule has 0 spiro atoms. The Balaban J connectivity index is 1.54. The quantitative estimate of drug-likeness (QED) is 0.924. The molecule has 1 saturated carbocycles. The molecule has 1 atom stereocenters. The standard InChI is InChI=1S/C14H14Cl2N2O3/c15-11-4-1-8(5-12(11)16)13(19)17-6-10-7-18(9-2-3-9)14(20)21-10/h1,4-5,9-10H,2-3,6-7H2,(H,17,19). The lowest BCUT2D eigenvalue weighted by molar-refractivity contribution is 0.0914. The summed E-state index contributed by atoms with van der Waals surface area (Å²) >= 11 is 11.7. The van der Waals surface area contributed by atoms with Gasteiger partial charge in [-0.3, -0.25) is 4.79 Å². The Hall–Kier alpha value is -1.46. The Morgan fingerprint density at radius 1 is 1.33 bits per heavy atom. The first kappa shape index (κ1) is 14.5. The third-order valence-corrected chi connectivity index (χ3v) is 4.30. The Labute approximate surface area is 132 Å². The van der Waals surface area contributed by atoms with Crippen LogP contribution in [0, 0.1) is 0 Å². The molecule has 1 N–H and O–H groups in total. The first-order chi connectivity index (χ1) is 10.0. The number of rotatable bonds is 4. The van der Waals surface area contributed by atoms with Gasteiger partial charge in [0.15, 0.2) is 0 Å². The lowest BCUT2D eigenvalue weighted by Gasteiger charge is -2.11. The molecule has 1 aliphatic heterocycles. The van der Waals surface area contributed by atoms with Crippen molar-refractivity contribution in [3.05, 3.63) is 33.8 Å². The highest BCUT2D eigenvalue weighted by atomic mass is 35.5. The first-order valence-electron chi connectivity index (χ1n) is 6.75. The average molecular weight is 329 g/mol. The lowest BCUT2D eigenvalue weighted by Crippen LogP contribution is -2.35. The van der Waals surface area contributed by atoms with Crippen LogP contribution >= 0.6 is 23.2 Å². The molecule has 2 fully saturated rings. The molecule has 1 heterocycles. The highest BCUT2D eigenvalue weighted by Gasteiger charge is 2.40. The second kappa shape index (κ2) is 5.73. The van der Waals surface area contributed by atoms with Gasteiger partial charge in [0.25, 0.3) is 5.91 Å². The third-order valence-electron chi connectivity index (χ3n) is 3.56. The molecule has 3 rings (SSSR count). The van der Waals surface area contributed by atoms with Crippen molar-refractivity contribution in [1.82, 2.24) is 10.2 Å². The van der Waals surface area contributed by atoms with Crippen LogP contribution in [0.5, 0.6) is 0 Å². The first-order valence-corrected chi connectivity index (χ1v) is 7.50. The fourth-order valence-electron chi connectivity index (χ4n) is 2.28. The van der Waals surface area contributed by atoms with Crippen molar-refractivity contribution >= 4 is 35.2 Å². The lowest BCUT2D eigenvalue weighted by atomic mass is 10.2. The van der Waals surface area contributed by atoms with Crippen molar-refractivity contribution < 1.29 is 14.3 Å². The molecule has 1 aliphatic carbocycles. The van der Waals surface area contributed by atoms with Crippen molar-refractivity contribution in [2.24, 2.45) is 0 Å². The molecule has 0 bridgehead atoms. The zero-order valence-electron chi connectivity index (χ0n) is 11.1. The number of hydrogen-bond acceptors (Lipinski definition) is 3. The highest BCUT2D eigenvalue weighted by molar-refractivity contribution is 6.42. The fourth-order valence-corrected chi connectivity index (χ4v) is 2.58. The van der Waals surface area contributed by atoms with Gasteiger partial charge in [-0.1, -0.05) is 23.2 Å². The molecule has 5 nitrogen and oxygen atoms in total. The van der Waals surface area contributed by atoms with E-state index in [1.165, 1.54) is 6.07 Å². The topological polar surface area (TPSA) is 58.6 Å². The SMILES string of the molecule is O=C(NCC1CN(C2CC2)C(=O)O1)c1ccc(Cl)c(Cl)c1. The van der Waals surface area contributed by atoms with Gasteiger partial charge in [-0.25, -0.2) is 4.79 Å².